The van der Waals surface area contributed by atoms with Crippen LogP contribution in [-0.4, -0.2) is 59.0 Å². The molecule has 0 aromatic carbocycles. The standard InChI is InChI=1S/C15H26N2O3/c1-12(2)17-9-4-6-15(14(17)20)7-10-16(11-15)8-3-5-13(18)19/h12H,3-11H2,1-2H3,(H,18,19). The summed E-state index contributed by atoms with van der Waals surface area (Å²) in [5, 5.41) is 8.69. The number of carboxylic acids is 1. The Bertz CT molecular complexity index is 383. The molecule has 2 rings (SSSR count). The number of carbonyl (C=O) groups excluding carboxylic acids is 1. The van der Waals surface area contributed by atoms with E-state index >= 15 is 0 Å². The fourth-order valence-electron chi connectivity index (χ4n) is 3.58. The van der Waals surface area contributed by atoms with Gasteiger partial charge in [0.05, 0.1) is 5.41 Å². The van der Waals surface area contributed by atoms with E-state index < -0.39 is 5.97 Å². The molecule has 2 saturated heterocycles. The minimum atomic E-state index is -0.737. The average molecular weight is 282 g/mol. The number of likely N-dealkylation sites (tertiary alicyclic amines) is 2. The van der Waals surface area contributed by atoms with Gasteiger partial charge < -0.3 is 14.9 Å². The maximum Gasteiger partial charge on any atom is 0.303 e. The molecule has 2 aliphatic heterocycles. The molecule has 2 heterocycles. The smallest absolute Gasteiger partial charge is 0.303 e. The van der Waals surface area contributed by atoms with Crippen molar-refractivity contribution in [2.24, 2.45) is 5.41 Å². The molecule has 1 N–H and O–H groups in total. The molecular weight excluding hydrogens is 256 g/mol. The van der Waals surface area contributed by atoms with Gasteiger partial charge in [-0.05, 0) is 52.6 Å². The lowest BCUT2D eigenvalue weighted by atomic mass is 9.78. The summed E-state index contributed by atoms with van der Waals surface area (Å²) in [5.74, 6) is -0.418. The molecule has 0 aliphatic carbocycles. The monoisotopic (exact) mass is 282 g/mol. The van der Waals surface area contributed by atoms with Crippen LogP contribution < -0.4 is 0 Å². The highest BCUT2D eigenvalue weighted by Crippen LogP contribution is 2.40. The second kappa shape index (κ2) is 6.12. The third kappa shape index (κ3) is 3.14. The Morgan fingerprint density at radius 3 is 2.75 bits per heavy atom. The van der Waals surface area contributed by atoms with Gasteiger partial charge in [-0.25, -0.2) is 0 Å². The third-order valence-corrected chi connectivity index (χ3v) is 4.69. The first-order valence-electron chi connectivity index (χ1n) is 7.70. The predicted molar refractivity (Wildman–Crippen MR) is 76.4 cm³/mol. The van der Waals surface area contributed by atoms with Crippen molar-refractivity contribution in [1.82, 2.24) is 9.80 Å². The van der Waals surface area contributed by atoms with Gasteiger partial charge in [-0.1, -0.05) is 0 Å². The third-order valence-electron chi connectivity index (χ3n) is 4.69. The molecule has 0 aromatic heterocycles. The maximum absolute atomic E-state index is 12.7. The molecule has 1 spiro atoms. The largest absolute Gasteiger partial charge is 0.481 e. The van der Waals surface area contributed by atoms with Crippen molar-refractivity contribution in [3.8, 4) is 0 Å². The first-order valence-corrected chi connectivity index (χ1v) is 7.70. The molecule has 2 aliphatic rings. The molecule has 0 bridgehead atoms. The van der Waals surface area contributed by atoms with Crippen molar-refractivity contribution >= 4 is 11.9 Å². The number of hydrogen-bond donors (Lipinski definition) is 1. The van der Waals surface area contributed by atoms with Crippen molar-refractivity contribution in [1.29, 1.82) is 0 Å². The number of carboxylic acid groups (broad SMARTS) is 1. The lowest BCUT2D eigenvalue weighted by Gasteiger charge is -2.41. The molecule has 0 saturated carbocycles. The van der Waals surface area contributed by atoms with Crippen LogP contribution in [0.3, 0.4) is 0 Å². The molecule has 0 aromatic rings. The number of piperidine rings is 1. The van der Waals surface area contributed by atoms with E-state index in [9.17, 15) is 9.59 Å². The van der Waals surface area contributed by atoms with Gasteiger partial charge in [-0.3, -0.25) is 9.59 Å². The Morgan fingerprint density at radius 2 is 2.10 bits per heavy atom. The molecule has 1 amide bonds. The Hall–Kier alpha value is -1.10. The summed E-state index contributed by atoms with van der Waals surface area (Å²) >= 11 is 0. The molecule has 1 atom stereocenters. The topological polar surface area (TPSA) is 60.9 Å². The maximum atomic E-state index is 12.7. The van der Waals surface area contributed by atoms with Crippen LogP contribution in [0.15, 0.2) is 0 Å². The van der Waals surface area contributed by atoms with E-state index in [1.165, 1.54) is 0 Å². The van der Waals surface area contributed by atoms with E-state index in [2.05, 4.69) is 18.7 Å². The summed E-state index contributed by atoms with van der Waals surface area (Å²) in [7, 11) is 0. The van der Waals surface area contributed by atoms with Crippen LogP contribution in [0.5, 0.6) is 0 Å². The average Bonchev–Trinajstić information content (AvgIpc) is 2.77. The highest BCUT2D eigenvalue weighted by molar-refractivity contribution is 5.84. The van der Waals surface area contributed by atoms with Gasteiger partial charge in [-0.2, -0.15) is 0 Å². The van der Waals surface area contributed by atoms with Crippen molar-refractivity contribution in [2.75, 3.05) is 26.2 Å². The Balaban J connectivity index is 1.92. The van der Waals surface area contributed by atoms with Gasteiger partial charge >= 0.3 is 5.97 Å². The fourth-order valence-corrected chi connectivity index (χ4v) is 3.58. The van der Waals surface area contributed by atoms with E-state index in [1.54, 1.807) is 0 Å². The van der Waals surface area contributed by atoms with Gasteiger partial charge in [-0.15, -0.1) is 0 Å². The van der Waals surface area contributed by atoms with Crippen LogP contribution >= 0.6 is 0 Å². The minimum absolute atomic E-state index is 0.189. The summed E-state index contributed by atoms with van der Waals surface area (Å²) in [5.41, 5.74) is -0.189. The van der Waals surface area contributed by atoms with Crippen molar-refractivity contribution in [2.45, 2.75) is 52.0 Å². The van der Waals surface area contributed by atoms with E-state index in [4.69, 9.17) is 5.11 Å². The van der Waals surface area contributed by atoms with Gasteiger partial charge in [0.2, 0.25) is 5.91 Å². The normalized spacial score (nSPS) is 27.8. The Morgan fingerprint density at radius 1 is 1.35 bits per heavy atom. The Kier molecular flexibility index (Phi) is 4.68. The van der Waals surface area contributed by atoms with E-state index in [1.807, 2.05) is 4.90 Å². The first-order chi connectivity index (χ1) is 9.44. The highest BCUT2D eigenvalue weighted by atomic mass is 16.4. The minimum Gasteiger partial charge on any atom is -0.481 e. The van der Waals surface area contributed by atoms with Crippen molar-refractivity contribution < 1.29 is 14.7 Å². The van der Waals surface area contributed by atoms with Gasteiger partial charge in [0.25, 0.3) is 0 Å². The molecular formula is C15H26N2O3. The van der Waals surface area contributed by atoms with Crippen LogP contribution in [0.1, 0.15) is 46.0 Å². The number of amides is 1. The summed E-state index contributed by atoms with van der Waals surface area (Å²) in [6.45, 7) is 7.58. The molecule has 0 radical (unpaired) electrons. The number of carbonyl (C=O) groups is 2. The quantitative estimate of drug-likeness (QED) is 0.831. The van der Waals surface area contributed by atoms with Gasteiger partial charge in [0.1, 0.15) is 0 Å². The van der Waals surface area contributed by atoms with Crippen molar-refractivity contribution in [3.05, 3.63) is 0 Å². The fraction of sp³-hybridized carbons (Fsp3) is 0.867. The molecule has 20 heavy (non-hydrogen) atoms. The molecule has 5 heteroatoms. The van der Waals surface area contributed by atoms with Crippen molar-refractivity contribution in [3.63, 3.8) is 0 Å². The summed E-state index contributed by atoms with van der Waals surface area (Å²) in [6.07, 6.45) is 3.91. The molecule has 114 valence electrons. The zero-order valence-electron chi connectivity index (χ0n) is 12.6. The van der Waals surface area contributed by atoms with Crippen LogP contribution in [0.4, 0.5) is 0 Å². The van der Waals surface area contributed by atoms with Crippen LogP contribution in [0.2, 0.25) is 0 Å². The number of hydrogen-bond acceptors (Lipinski definition) is 3. The second-order valence-corrected chi connectivity index (χ2v) is 6.50. The van der Waals surface area contributed by atoms with Crippen LogP contribution in [-0.2, 0) is 9.59 Å². The SMILES string of the molecule is CC(C)N1CCCC2(CCN(CCCC(=O)O)C2)C1=O. The van der Waals surface area contributed by atoms with Gasteiger partial charge in [0.15, 0.2) is 0 Å². The molecule has 1 unspecified atom stereocenters. The van der Waals surface area contributed by atoms with E-state index in [0.717, 1.165) is 45.4 Å². The number of nitrogens with zero attached hydrogens (tertiary/aromatic N) is 2. The zero-order valence-corrected chi connectivity index (χ0v) is 12.6. The lowest BCUT2D eigenvalue weighted by molar-refractivity contribution is -0.147. The summed E-state index contributed by atoms with van der Waals surface area (Å²) < 4.78 is 0. The Labute approximate surface area is 120 Å². The summed E-state index contributed by atoms with van der Waals surface area (Å²) in [4.78, 5) is 27.6. The molecule has 5 nitrogen and oxygen atoms in total. The number of aliphatic carboxylic acids is 1. The van der Waals surface area contributed by atoms with Crippen LogP contribution in [0.25, 0.3) is 0 Å². The highest BCUT2D eigenvalue weighted by Gasteiger charge is 2.48. The predicted octanol–water partition coefficient (Wildman–Crippen LogP) is 1.57. The molecule has 2 fully saturated rings. The first kappa shape index (κ1) is 15.3. The lowest BCUT2D eigenvalue weighted by Crippen LogP contribution is -2.52. The number of rotatable bonds is 5. The second-order valence-electron chi connectivity index (χ2n) is 6.50. The van der Waals surface area contributed by atoms with Gasteiger partial charge in [0, 0.05) is 25.6 Å². The summed E-state index contributed by atoms with van der Waals surface area (Å²) in [6, 6.07) is 0.278. The van der Waals surface area contributed by atoms with Crippen LogP contribution in [0, 0.1) is 5.41 Å². The zero-order chi connectivity index (χ0) is 14.8. The van der Waals surface area contributed by atoms with E-state index in [-0.39, 0.29) is 17.9 Å². The van der Waals surface area contributed by atoms with E-state index in [0.29, 0.717) is 12.3 Å².